The van der Waals surface area contributed by atoms with Gasteiger partial charge in [0.1, 0.15) is 0 Å². The molecular formula is C69H72N2S. The largest absolute Gasteiger partial charge is 0.296 e. The molecule has 8 aromatic rings. The van der Waals surface area contributed by atoms with Crippen molar-refractivity contribution in [3.8, 4) is 33.4 Å². The first-order valence-corrected chi connectivity index (χ1v) is 26.4. The summed E-state index contributed by atoms with van der Waals surface area (Å²) in [5, 5.41) is 0. The van der Waals surface area contributed by atoms with Gasteiger partial charge in [0, 0.05) is 21.4 Å². The molecule has 0 spiro atoms. The highest BCUT2D eigenvalue weighted by Gasteiger charge is 2.26. The van der Waals surface area contributed by atoms with E-state index in [1.54, 1.807) is 5.56 Å². The number of hydrogen-bond donors (Lipinski definition) is 0. The van der Waals surface area contributed by atoms with E-state index in [9.17, 15) is 0 Å². The van der Waals surface area contributed by atoms with Gasteiger partial charge in [0.25, 0.3) is 0 Å². The first-order valence-electron chi connectivity index (χ1n) is 25.5. The van der Waals surface area contributed by atoms with E-state index in [0.29, 0.717) is 19.0 Å². The Kier molecular flexibility index (Phi) is 21.4. The van der Waals surface area contributed by atoms with Crippen LogP contribution >= 0.6 is 11.8 Å². The van der Waals surface area contributed by atoms with Gasteiger partial charge in [0.05, 0.1) is 13.1 Å². The summed E-state index contributed by atoms with van der Waals surface area (Å²) >= 11 is 1.83. The second-order valence-corrected chi connectivity index (χ2v) is 18.8. The Morgan fingerprint density at radius 2 is 1.19 bits per heavy atom. The van der Waals surface area contributed by atoms with Crippen molar-refractivity contribution < 1.29 is 0 Å². The summed E-state index contributed by atoms with van der Waals surface area (Å²) < 4.78 is 0. The number of hydrogen-bond acceptors (Lipinski definition) is 3. The van der Waals surface area contributed by atoms with Gasteiger partial charge in [-0.1, -0.05) is 221 Å². The fourth-order valence-corrected chi connectivity index (χ4v) is 9.72. The molecule has 0 N–H and O–H groups in total. The van der Waals surface area contributed by atoms with Crippen LogP contribution in [-0.4, -0.2) is 12.4 Å². The van der Waals surface area contributed by atoms with E-state index >= 15 is 0 Å². The van der Waals surface area contributed by atoms with E-state index in [0.717, 1.165) is 23.6 Å². The van der Waals surface area contributed by atoms with Gasteiger partial charge in [-0.3, -0.25) is 9.98 Å². The lowest BCUT2D eigenvalue weighted by Crippen LogP contribution is -1.98. The van der Waals surface area contributed by atoms with Crippen molar-refractivity contribution in [2.45, 2.75) is 95.5 Å². The van der Waals surface area contributed by atoms with Crippen LogP contribution in [-0.2, 0) is 13.1 Å². The molecule has 0 amide bonds. The van der Waals surface area contributed by atoms with Crippen molar-refractivity contribution in [3.05, 3.63) is 271 Å². The minimum atomic E-state index is 0.401. The van der Waals surface area contributed by atoms with Gasteiger partial charge in [0.15, 0.2) is 0 Å². The molecule has 0 heterocycles. The summed E-state index contributed by atoms with van der Waals surface area (Å²) in [6, 6.07) is 71.6. The zero-order chi connectivity index (χ0) is 51.1. The Morgan fingerprint density at radius 3 is 1.81 bits per heavy atom. The summed E-state index contributed by atoms with van der Waals surface area (Å²) in [7, 11) is 0. The molecule has 1 aliphatic rings. The van der Waals surface area contributed by atoms with Crippen molar-refractivity contribution in [2.75, 3.05) is 0 Å². The molecule has 364 valence electrons. The molecule has 3 heteroatoms. The van der Waals surface area contributed by atoms with Crippen LogP contribution < -0.4 is 0 Å². The van der Waals surface area contributed by atoms with E-state index in [4.69, 9.17) is 4.99 Å². The first-order chi connectivity index (χ1) is 35.4. The zero-order valence-electron chi connectivity index (χ0n) is 43.4. The van der Waals surface area contributed by atoms with Crippen molar-refractivity contribution in [2.24, 2.45) is 9.98 Å². The molecule has 1 unspecified atom stereocenters. The van der Waals surface area contributed by atoms with Crippen molar-refractivity contribution >= 4 is 29.8 Å². The van der Waals surface area contributed by atoms with E-state index in [2.05, 4.69) is 271 Å². The molecule has 9 rings (SSSR count). The minimum Gasteiger partial charge on any atom is -0.296 e. The SMILES string of the molecule is C=C.C=NCc1ccc(C(/C=C\CC)=C/C(C)c2ccccc2C2CC2)cc1.CC.CC(=NCc1cccc(-c2cccc(C)c2Sc2ccccc2)c1)c1cc(-c2ccccc2)cc(-c2ccccc2)c1. The standard InChI is InChI=1S/C40H33NS.C25H29N.C2H6.C2H4/c1-29-14-12-23-39(40(29)42-38-21-10-5-11-22-38)34-20-13-15-31(24-34)28-41-30(2)35-25-36(32-16-6-3-7-17-32)27-37(26-35)33-18-8-4-9-19-33;1-4-5-8-23(21-13-11-20(12-14-21)18-26-3)17-19(2)24-9-6-7-10-25(24)22-15-16-22;2*1-2/h3-27H,28H2,1-2H3;5-14,17,19,22H,3-4,15-16,18H2,1-2H3;1-2H3;1-2H2/b;8-5-,23-17+;;. The summed E-state index contributed by atoms with van der Waals surface area (Å²) in [5.41, 5.74) is 18.7. The number of benzene rings is 8. The van der Waals surface area contributed by atoms with Gasteiger partial charge in [-0.05, 0) is 160 Å². The Bertz CT molecular complexity index is 2960. The average Bonchev–Trinajstić information content (AvgIpc) is 4.30. The number of aryl methyl sites for hydroxylation is 1. The Morgan fingerprint density at radius 1 is 0.611 bits per heavy atom. The second-order valence-electron chi connectivity index (χ2n) is 17.7. The number of rotatable bonds is 16. The van der Waals surface area contributed by atoms with E-state index in [-0.39, 0.29) is 0 Å². The topological polar surface area (TPSA) is 24.7 Å². The number of nitrogens with zero attached hydrogens (tertiary/aromatic N) is 2. The van der Waals surface area contributed by atoms with Crippen LogP contribution in [0, 0.1) is 6.92 Å². The Balaban J connectivity index is 0.000000242. The zero-order valence-corrected chi connectivity index (χ0v) is 44.2. The molecule has 0 aromatic heterocycles. The summed E-state index contributed by atoms with van der Waals surface area (Å²) in [6.07, 6.45) is 10.6. The van der Waals surface area contributed by atoms with Crippen LogP contribution in [0.15, 0.2) is 251 Å². The van der Waals surface area contributed by atoms with Crippen LogP contribution in [0.5, 0.6) is 0 Å². The van der Waals surface area contributed by atoms with Gasteiger partial charge in [-0.15, -0.1) is 13.2 Å². The monoisotopic (exact) mass is 961 g/mol. The lowest BCUT2D eigenvalue weighted by atomic mass is 9.90. The summed E-state index contributed by atoms with van der Waals surface area (Å²) in [5.74, 6) is 1.18. The lowest BCUT2D eigenvalue weighted by Gasteiger charge is -2.15. The van der Waals surface area contributed by atoms with Crippen molar-refractivity contribution in [3.63, 3.8) is 0 Å². The third-order valence-corrected chi connectivity index (χ3v) is 13.8. The normalized spacial score (nSPS) is 12.6. The van der Waals surface area contributed by atoms with Crippen LogP contribution in [0.3, 0.4) is 0 Å². The second kappa shape index (κ2) is 28.5. The number of aliphatic imine (C=N–C) groups is 2. The van der Waals surface area contributed by atoms with Gasteiger partial charge >= 0.3 is 0 Å². The molecule has 0 saturated heterocycles. The third kappa shape index (κ3) is 15.3. The van der Waals surface area contributed by atoms with Crippen LogP contribution in [0.4, 0.5) is 0 Å². The molecule has 0 aliphatic heterocycles. The fraction of sp³-hybridized carbons (Fsp3) is 0.188. The molecule has 1 aliphatic carbocycles. The van der Waals surface area contributed by atoms with Crippen LogP contribution in [0.1, 0.15) is 105 Å². The number of allylic oxidation sites excluding steroid dienone is 4. The van der Waals surface area contributed by atoms with Gasteiger partial charge < -0.3 is 0 Å². The van der Waals surface area contributed by atoms with Gasteiger partial charge in [-0.25, -0.2) is 0 Å². The molecule has 0 radical (unpaired) electrons. The smallest absolute Gasteiger partial charge is 0.0643 e. The average molecular weight is 961 g/mol. The molecule has 1 saturated carbocycles. The Labute approximate surface area is 436 Å². The molecule has 8 aromatic carbocycles. The maximum absolute atomic E-state index is 5.09. The van der Waals surface area contributed by atoms with E-state index in [1.165, 1.54) is 89.4 Å². The quantitative estimate of drug-likeness (QED) is 0.0538. The van der Waals surface area contributed by atoms with Gasteiger partial charge in [0.2, 0.25) is 0 Å². The highest BCUT2D eigenvalue weighted by atomic mass is 32.2. The summed E-state index contributed by atoms with van der Waals surface area (Å²) in [4.78, 5) is 11.6. The molecular weight excluding hydrogens is 889 g/mol. The lowest BCUT2D eigenvalue weighted by molar-refractivity contribution is 0.926. The van der Waals surface area contributed by atoms with Crippen LogP contribution in [0.2, 0.25) is 0 Å². The highest BCUT2D eigenvalue weighted by Crippen LogP contribution is 2.44. The van der Waals surface area contributed by atoms with Crippen molar-refractivity contribution in [1.82, 2.24) is 0 Å². The fourth-order valence-electron chi connectivity index (χ4n) is 8.67. The minimum absolute atomic E-state index is 0.401. The highest BCUT2D eigenvalue weighted by molar-refractivity contribution is 7.99. The summed E-state index contributed by atoms with van der Waals surface area (Å²) in [6.45, 7) is 23.7. The van der Waals surface area contributed by atoms with Gasteiger partial charge in [-0.2, -0.15) is 0 Å². The van der Waals surface area contributed by atoms with Crippen LogP contribution in [0.25, 0.3) is 39.0 Å². The molecule has 1 atom stereocenters. The first kappa shape index (κ1) is 54.0. The maximum atomic E-state index is 5.09. The Hall–Kier alpha value is -7.33. The third-order valence-electron chi connectivity index (χ3n) is 12.5. The van der Waals surface area contributed by atoms with E-state index < -0.39 is 0 Å². The molecule has 1 fully saturated rings. The predicted molar refractivity (Wildman–Crippen MR) is 317 cm³/mol. The predicted octanol–water partition coefficient (Wildman–Crippen LogP) is 19.9. The van der Waals surface area contributed by atoms with E-state index in [1.807, 2.05) is 25.6 Å². The molecule has 2 nitrogen and oxygen atoms in total. The van der Waals surface area contributed by atoms with Crippen molar-refractivity contribution in [1.29, 1.82) is 0 Å². The molecule has 72 heavy (non-hydrogen) atoms. The maximum Gasteiger partial charge on any atom is 0.0643 e. The molecule has 0 bridgehead atoms.